The summed E-state index contributed by atoms with van der Waals surface area (Å²) in [6.07, 6.45) is 27.2. The van der Waals surface area contributed by atoms with Gasteiger partial charge in [-0.3, -0.25) is 0 Å². The van der Waals surface area contributed by atoms with Gasteiger partial charge in [-0.2, -0.15) is 0 Å². The van der Waals surface area contributed by atoms with E-state index in [9.17, 15) is 5.11 Å². The third-order valence-corrected chi connectivity index (χ3v) is 4.12. The number of aliphatic hydroxyl groups is 1. The van der Waals surface area contributed by atoms with Gasteiger partial charge in [-0.25, -0.2) is 0 Å². The van der Waals surface area contributed by atoms with Crippen LogP contribution in [0.2, 0.25) is 0 Å². The molecule has 22 heavy (non-hydrogen) atoms. The molecule has 0 unspecified atom stereocenters. The normalized spacial score (nSPS) is 15.5. The van der Waals surface area contributed by atoms with Crippen LogP contribution in [0.3, 0.4) is 0 Å². The molecule has 0 atom stereocenters. The van der Waals surface area contributed by atoms with Gasteiger partial charge in [0.05, 0.1) is 0 Å². The molecule has 0 bridgehead atoms. The average molecular weight is 487 g/mol. The number of terminal acetylenes is 2. The Hall–Kier alpha value is -0.180. The molecule has 0 aromatic carbocycles. The second kappa shape index (κ2) is 17.2. The quantitative estimate of drug-likeness (QED) is 0.274. The van der Waals surface area contributed by atoms with Crippen LogP contribution in [-0.4, -0.2) is 10.7 Å². The van der Waals surface area contributed by atoms with Crippen LogP contribution in [0.1, 0.15) is 96.8 Å². The molecule has 1 aliphatic rings. The summed E-state index contributed by atoms with van der Waals surface area (Å²) in [5.41, 5.74) is -0.752. The largest absolute Gasteiger partial charge is 0.378 e. The number of rotatable bonds is 8. The molecular weight excluding hydrogens is 453 g/mol. The standard InChI is InChI=1S/C12H22.C8H12O.Au/c1-3-5-7-9-11-12-10-8-6-4-2;1-2-8(9)6-4-3-5-7-8;/h1H,4-12H2,2H3;1,9H,3-7H2;. The number of hydrogen-bond donors (Lipinski definition) is 1. The van der Waals surface area contributed by atoms with Crippen molar-refractivity contribution in [3.8, 4) is 24.7 Å². The van der Waals surface area contributed by atoms with Crippen LogP contribution in [0.15, 0.2) is 0 Å². The van der Waals surface area contributed by atoms with Crippen molar-refractivity contribution in [3.05, 3.63) is 0 Å². The third-order valence-electron chi connectivity index (χ3n) is 4.12. The van der Waals surface area contributed by atoms with Gasteiger partial charge >= 0.3 is 0 Å². The Morgan fingerprint density at radius 1 is 0.864 bits per heavy atom. The maximum atomic E-state index is 9.44. The molecule has 1 nitrogen and oxygen atoms in total. The SMILES string of the molecule is C#CC1(O)CCCCC1.C#CCCCCCCCCCC.[Au]. The van der Waals surface area contributed by atoms with Gasteiger partial charge in [0.25, 0.3) is 0 Å². The monoisotopic (exact) mass is 487 g/mol. The summed E-state index contributed by atoms with van der Waals surface area (Å²) >= 11 is 0. The Kier molecular flexibility index (Phi) is 18.8. The van der Waals surface area contributed by atoms with E-state index in [2.05, 4.69) is 18.8 Å². The van der Waals surface area contributed by atoms with Crippen LogP contribution in [0.4, 0.5) is 0 Å². The summed E-state index contributed by atoms with van der Waals surface area (Å²) in [5.74, 6) is 5.11. The first-order valence-electron chi connectivity index (χ1n) is 8.82. The van der Waals surface area contributed by atoms with E-state index in [1.807, 2.05) is 0 Å². The minimum atomic E-state index is -0.752. The minimum Gasteiger partial charge on any atom is -0.378 e. The zero-order valence-corrected chi connectivity index (χ0v) is 16.5. The fourth-order valence-corrected chi connectivity index (χ4v) is 2.64. The average Bonchev–Trinajstić information content (AvgIpc) is 2.51. The molecule has 1 aliphatic carbocycles. The van der Waals surface area contributed by atoms with Crippen LogP contribution in [-0.2, 0) is 22.4 Å². The van der Waals surface area contributed by atoms with Crippen molar-refractivity contribution >= 4 is 0 Å². The van der Waals surface area contributed by atoms with Gasteiger partial charge < -0.3 is 5.11 Å². The van der Waals surface area contributed by atoms with E-state index in [0.717, 1.165) is 32.1 Å². The Morgan fingerprint density at radius 3 is 1.77 bits per heavy atom. The molecule has 131 valence electrons. The fraction of sp³-hybridized carbons (Fsp3) is 0.800. The number of unbranched alkanes of at least 4 members (excludes halogenated alkanes) is 8. The Morgan fingerprint density at radius 2 is 1.36 bits per heavy atom. The van der Waals surface area contributed by atoms with Gasteiger partial charge in [0.15, 0.2) is 0 Å². The van der Waals surface area contributed by atoms with E-state index in [-0.39, 0.29) is 22.4 Å². The fourth-order valence-electron chi connectivity index (χ4n) is 2.64. The van der Waals surface area contributed by atoms with Gasteiger partial charge in [-0.1, -0.05) is 64.2 Å². The van der Waals surface area contributed by atoms with Crippen molar-refractivity contribution in [2.45, 2.75) is 102 Å². The van der Waals surface area contributed by atoms with Crippen LogP contribution in [0.5, 0.6) is 0 Å². The van der Waals surface area contributed by atoms with Crippen molar-refractivity contribution in [3.63, 3.8) is 0 Å². The summed E-state index contributed by atoms with van der Waals surface area (Å²) in [5, 5.41) is 9.44. The topological polar surface area (TPSA) is 20.2 Å². The van der Waals surface area contributed by atoms with Gasteiger partial charge in [0.2, 0.25) is 0 Å². The molecule has 1 saturated carbocycles. The van der Waals surface area contributed by atoms with Crippen molar-refractivity contribution in [1.29, 1.82) is 0 Å². The molecule has 0 aromatic heterocycles. The molecule has 1 radical (unpaired) electrons. The first kappa shape index (κ1) is 24.1. The van der Waals surface area contributed by atoms with Gasteiger partial charge in [-0.05, 0) is 32.1 Å². The summed E-state index contributed by atoms with van der Waals surface area (Å²) in [6, 6.07) is 0. The third kappa shape index (κ3) is 14.7. The second-order valence-corrected chi connectivity index (χ2v) is 6.17. The zero-order chi connectivity index (χ0) is 15.8. The predicted octanol–water partition coefficient (Wildman–Crippen LogP) is 5.46. The molecule has 0 saturated heterocycles. The molecule has 0 spiro atoms. The molecule has 2 heteroatoms. The smallest absolute Gasteiger partial charge is 0.125 e. The molecule has 0 aliphatic heterocycles. The molecular formula is C20H34AuO. The van der Waals surface area contributed by atoms with Crippen LogP contribution in [0.25, 0.3) is 0 Å². The molecule has 1 fully saturated rings. The van der Waals surface area contributed by atoms with Crippen LogP contribution in [0, 0.1) is 24.7 Å². The van der Waals surface area contributed by atoms with E-state index in [0.29, 0.717) is 0 Å². The molecule has 0 amide bonds. The molecule has 0 aromatic rings. The van der Waals surface area contributed by atoms with E-state index in [1.165, 1.54) is 57.8 Å². The van der Waals surface area contributed by atoms with E-state index < -0.39 is 5.60 Å². The molecule has 1 N–H and O–H groups in total. The van der Waals surface area contributed by atoms with Crippen molar-refractivity contribution < 1.29 is 27.5 Å². The van der Waals surface area contributed by atoms with Crippen molar-refractivity contribution in [2.24, 2.45) is 0 Å². The van der Waals surface area contributed by atoms with E-state index in [1.54, 1.807) is 0 Å². The summed E-state index contributed by atoms with van der Waals surface area (Å²) in [4.78, 5) is 0. The van der Waals surface area contributed by atoms with E-state index >= 15 is 0 Å². The van der Waals surface area contributed by atoms with Crippen LogP contribution >= 0.6 is 0 Å². The molecule has 0 heterocycles. The van der Waals surface area contributed by atoms with Gasteiger partial charge in [-0.15, -0.1) is 18.8 Å². The molecule has 1 rings (SSSR count). The maximum absolute atomic E-state index is 9.44. The first-order chi connectivity index (χ1) is 10.2. The predicted molar refractivity (Wildman–Crippen MR) is 92.9 cm³/mol. The second-order valence-electron chi connectivity index (χ2n) is 6.17. The van der Waals surface area contributed by atoms with Gasteiger partial charge in [0, 0.05) is 28.8 Å². The Labute approximate surface area is 154 Å². The summed E-state index contributed by atoms with van der Waals surface area (Å²) < 4.78 is 0. The Balaban J connectivity index is 0. The number of hydrogen-bond acceptors (Lipinski definition) is 1. The Bertz CT molecular complexity index is 305. The summed E-state index contributed by atoms with van der Waals surface area (Å²) in [6.45, 7) is 2.26. The first-order valence-corrected chi connectivity index (χ1v) is 8.82. The summed E-state index contributed by atoms with van der Waals surface area (Å²) in [7, 11) is 0. The van der Waals surface area contributed by atoms with E-state index in [4.69, 9.17) is 12.8 Å². The van der Waals surface area contributed by atoms with Gasteiger partial charge in [0.1, 0.15) is 5.60 Å². The van der Waals surface area contributed by atoms with Crippen molar-refractivity contribution in [2.75, 3.05) is 0 Å². The minimum absolute atomic E-state index is 0. The van der Waals surface area contributed by atoms with Crippen molar-refractivity contribution in [1.82, 2.24) is 0 Å². The van der Waals surface area contributed by atoms with Crippen LogP contribution < -0.4 is 0 Å². The zero-order valence-electron chi connectivity index (χ0n) is 14.3. The maximum Gasteiger partial charge on any atom is 0.125 e.